The summed E-state index contributed by atoms with van der Waals surface area (Å²) in [6, 6.07) is 13.1. The number of rotatable bonds is 6. The Hall–Kier alpha value is -2.98. The number of nitro benzene ring substituents is 1. The molecule has 3 rings (SSSR count). The Morgan fingerprint density at radius 3 is 2.74 bits per heavy atom. The number of carbonyl (C=O) groups excluding carboxylic acids is 1. The van der Waals surface area contributed by atoms with Gasteiger partial charge in [-0.3, -0.25) is 14.9 Å². The van der Waals surface area contributed by atoms with Crippen LogP contribution in [0.3, 0.4) is 0 Å². The minimum Gasteiger partial charge on any atom is -0.324 e. The van der Waals surface area contributed by atoms with Crippen LogP contribution in [-0.4, -0.2) is 36.3 Å². The van der Waals surface area contributed by atoms with Gasteiger partial charge in [-0.15, -0.1) is 5.10 Å². The molecule has 0 unspecified atom stereocenters. The van der Waals surface area contributed by atoms with Crippen molar-refractivity contribution < 1.29 is 9.72 Å². The number of nitrogens with one attached hydrogen (secondary N) is 1. The monoisotopic (exact) mass is 404 g/mol. The average Bonchev–Trinajstić information content (AvgIpc) is 3.12. The lowest BCUT2D eigenvalue weighted by atomic mass is 10.2. The predicted octanol–water partition coefficient (Wildman–Crippen LogP) is 3.34. The maximum Gasteiger partial charge on any atom is 0.271 e. The van der Waals surface area contributed by atoms with E-state index >= 15 is 0 Å². The number of hydrogen-bond donors (Lipinski definition) is 1. The zero-order chi connectivity index (χ0) is 19.4. The molecule has 0 saturated heterocycles. The molecule has 0 aliphatic carbocycles. The fourth-order valence-electron chi connectivity index (χ4n) is 2.15. The molecule has 1 atom stereocenters. The largest absolute Gasteiger partial charge is 0.324 e. The van der Waals surface area contributed by atoms with E-state index in [1.165, 1.54) is 22.9 Å². The van der Waals surface area contributed by atoms with Crippen molar-refractivity contribution in [1.29, 1.82) is 0 Å². The third-order valence-corrected chi connectivity index (χ3v) is 4.87. The van der Waals surface area contributed by atoms with Gasteiger partial charge in [-0.1, -0.05) is 41.6 Å². The first-order chi connectivity index (χ1) is 13.0. The number of nitro groups is 1. The molecule has 0 spiro atoms. The first kappa shape index (κ1) is 18.8. The van der Waals surface area contributed by atoms with Gasteiger partial charge in [-0.05, 0) is 35.5 Å². The predicted molar refractivity (Wildman–Crippen MR) is 101 cm³/mol. The first-order valence-corrected chi connectivity index (χ1v) is 8.96. The maximum absolute atomic E-state index is 12.5. The zero-order valence-electron chi connectivity index (χ0n) is 13.9. The molecular formula is C16H13ClN6O3S. The van der Waals surface area contributed by atoms with Gasteiger partial charge in [0.15, 0.2) is 0 Å². The summed E-state index contributed by atoms with van der Waals surface area (Å²) in [6.07, 6.45) is 0. The summed E-state index contributed by atoms with van der Waals surface area (Å²) in [5, 5.41) is 25.1. The number of carbonyl (C=O) groups is 1. The molecule has 0 saturated carbocycles. The minimum absolute atomic E-state index is 0.164. The van der Waals surface area contributed by atoms with E-state index in [1.807, 2.05) is 30.3 Å². The fraction of sp³-hybridized carbons (Fsp3) is 0.125. The number of hydrogen-bond acceptors (Lipinski definition) is 7. The lowest BCUT2D eigenvalue weighted by Gasteiger charge is -2.12. The fourth-order valence-corrected chi connectivity index (χ4v) is 3.12. The summed E-state index contributed by atoms with van der Waals surface area (Å²) in [7, 11) is 0. The molecule has 1 aromatic heterocycles. The van der Waals surface area contributed by atoms with E-state index < -0.39 is 10.2 Å². The number of benzene rings is 2. The molecule has 9 nitrogen and oxygen atoms in total. The maximum atomic E-state index is 12.5. The highest BCUT2D eigenvalue weighted by molar-refractivity contribution is 8.00. The van der Waals surface area contributed by atoms with Crippen molar-refractivity contribution in [2.24, 2.45) is 0 Å². The summed E-state index contributed by atoms with van der Waals surface area (Å²) in [5.74, 6) is -0.384. The van der Waals surface area contributed by atoms with Gasteiger partial charge in [-0.25, -0.2) is 0 Å². The quantitative estimate of drug-likeness (QED) is 0.380. The molecule has 3 aromatic rings. The number of thioether (sulfide) groups is 1. The van der Waals surface area contributed by atoms with Gasteiger partial charge >= 0.3 is 0 Å². The second kappa shape index (κ2) is 8.14. The molecule has 0 fully saturated rings. The van der Waals surface area contributed by atoms with E-state index in [9.17, 15) is 14.9 Å². The second-order valence-electron chi connectivity index (χ2n) is 5.38. The summed E-state index contributed by atoms with van der Waals surface area (Å²) < 4.78 is 1.52. The Morgan fingerprint density at radius 2 is 2.04 bits per heavy atom. The SMILES string of the molecule is C[C@H](Sc1nnnn1-c1ccccc1)C(=O)Nc1cc([N+](=O)[O-])ccc1Cl. The highest BCUT2D eigenvalue weighted by atomic mass is 35.5. The van der Waals surface area contributed by atoms with Crippen molar-refractivity contribution in [3.8, 4) is 5.69 Å². The van der Waals surface area contributed by atoms with Crippen LogP contribution in [0.4, 0.5) is 11.4 Å². The molecule has 0 aliphatic heterocycles. The first-order valence-electron chi connectivity index (χ1n) is 7.71. The lowest BCUT2D eigenvalue weighted by molar-refractivity contribution is -0.384. The number of nitrogens with zero attached hydrogens (tertiary/aromatic N) is 5. The molecule has 1 N–H and O–H groups in total. The van der Waals surface area contributed by atoms with E-state index in [-0.39, 0.29) is 22.3 Å². The van der Waals surface area contributed by atoms with E-state index in [2.05, 4.69) is 20.8 Å². The highest BCUT2D eigenvalue weighted by Gasteiger charge is 2.21. The van der Waals surface area contributed by atoms with Crippen molar-refractivity contribution in [2.75, 3.05) is 5.32 Å². The van der Waals surface area contributed by atoms with Crippen LogP contribution in [0.5, 0.6) is 0 Å². The summed E-state index contributed by atoms with van der Waals surface area (Å²) in [5.41, 5.74) is 0.772. The van der Waals surface area contributed by atoms with Crippen molar-refractivity contribution in [3.63, 3.8) is 0 Å². The number of tetrazole rings is 1. The number of halogens is 1. The molecule has 0 aliphatic rings. The number of anilines is 1. The summed E-state index contributed by atoms with van der Waals surface area (Å²) in [6.45, 7) is 1.68. The van der Waals surface area contributed by atoms with Crippen molar-refractivity contribution >= 4 is 40.6 Å². The molecule has 27 heavy (non-hydrogen) atoms. The second-order valence-corrected chi connectivity index (χ2v) is 7.09. The molecule has 2 aromatic carbocycles. The number of aromatic nitrogens is 4. The van der Waals surface area contributed by atoms with Crippen LogP contribution >= 0.6 is 23.4 Å². The van der Waals surface area contributed by atoms with Gasteiger partial charge in [-0.2, -0.15) is 4.68 Å². The average molecular weight is 405 g/mol. The Kier molecular flexibility index (Phi) is 5.67. The van der Waals surface area contributed by atoms with Crippen LogP contribution < -0.4 is 5.32 Å². The van der Waals surface area contributed by atoms with Gasteiger partial charge in [0.05, 0.1) is 26.6 Å². The van der Waals surface area contributed by atoms with Crippen molar-refractivity contribution in [1.82, 2.24) is 20.2 Å². The summed E-state index contributed by atoms with van der Waals surface area (Å²) >= 11 is 7.17. The Morgan fingerprint density at radius 1 is 1.30 bits per heavy atom. The topological polar surface area (TPSA) is 116 Å². The third-order valence-electron chi connectivity index (χ3n) is 3.51. The van der Waals surface area contributed by atoms with Gasteiger partial charge in [0, 0.05) is 12.1 Å². The Labute approximate surface area is 162 Å². The smallest absolute Gasteiger partial charge is 0.271 e. The van der Waals surface area contributed by atoms with Gasteiger partial charge in [0.25, 0.3) is 5.69 Å². The van der Waals surface area contributed by atoms with E-state index in [0.717, 1.165) is 17.4 Å². The number of para-hydroxylation sites is 1. The van der Waals surface area contributed by atoms with Crippen LogP contribution in [0.2, 0.25) is 5.02 Å². The zero-order valence-corrected chi connectivity index (χ0v) is 15.5. The standard InChI is InChI=1S/C16H13ClN6O3S/c1-10(15(24)18-14-9-12(23(25)26)7-8-13(14)17)27-16-19-20-21-22(16)11-5-3-2-4-6-11/h2-10H,1H3,(H,18,24)/t10-/m0/s1. The van der Waals surface area contributed by atoms with Crippen LogP contribution in [0.1, 0.15) is 6.92 Å². The Bertz CT molecular complexity index is 981. The van der Waals surface area contributed by atoms with Crippen molar-refractivity contribution in [3.05, 3.63) is 63.7 Å². The third kappa shape index (κ3) is 4.41. The van der Waals surface area contributed by atoms with E-state index in [4.69, 9.17) is 11.6 Å². The van der Waals surface area contributed by atoms with Crippen molar-refractivity contribution in [2.45, 2.75) is 17.3 Å². The van der Waals surface area contributed by atoms with Crippen LogP contribution in [0, 0.1) is 10.1 Å². The van der Waals surface area contributed by atoms with Gasteiger partial charge in [0.1, 0.15) is 0 Å². The lowest BCUT2D eigenvalue weighted by Crippen LogP contribution is -2.23. The van der Waals surface area contributed by atoms with E-state index in [0.29, 0.717) is 5.16 Å². The van der Waals surface area contributed by atoms with Gasteiger partial charge in [0.2, 0.25) is 11.1 Å². The van der Waals surface area contributed by atoms with Gasteiger partial charge < -0.3 is 5.32 Å². The van der Waals surface area contributed by atoms with Crippen LogP contribution in [0.25, 0.3) is 5.69 Å². The molecular weight excluding hydrogens is 392 g/mol. The molecule has 0 radical (unpaired) electrons. The summed E-state index contributed by atoms with van der Waals surface area (Å²) in [4.78, 5) is 22.8. The Balaban J connectivity index is 1.74. The molecule has 0 bridgehead atoms. The highest BCUT2D eigenvalue weighted by Crippen LogP contribution is 2.28. The molecule has 11 heteroatoms. The molecule has 1 amide bonds. The van der Waals surface area contributed by atoms with Crippen LogP contribution in [-0.2, 0) is 4.79 Å². The molecule has 138 valence electrons. The minimum atomic E-state index is -0.575. The van der Waals surface area contributed by atoms with Crippen LogP contribution in [0.15, 0.2) is 53.7 Å². The number of amides is 1. The normalized spacial score (nSPS) is 11.8. The number of non-ortho nitro benzene ring substituents is 1. The molecule has 1 heterocycles. The van der Waals surface area contributed by atoms with E-state index in [1.54, 1.807) is 6.92 Å².